The lowest BCUT2D eigenvalue weighted by atomic mass is 10.1. The number of rotatable bonds is 4. The summed E-state index contributed by atoms with van der Waals surface area (Å²) in [7, 11) is -4.11. The van der Waals surface area contributed by atoms with Crippen LogP contribution < -0.4 is 0 Å². The predicted octanol–water partition coefficient (Wildman–Crippen LogP) is 2.61. The van der Waals surface area contributed by atoms with Crippen LogP contribution in [0.25, 0.3) is 5.69 Å². The van der Waals surface area contributed by atoms with E-state index in [4.69, 9.17) is 0 Å². The SMILES string of the molecule is Cc1ccnn1-c1ccc(C(=O)N2CCN(S(=O)(=O)c3ccc(F)cc3F)CC2)cc1. The third-order valence-corrected chi connectivity index (χ3v) is 7.16. The number of hydrogen-bond acceptors (Lipinski definition) is 4. The highest BCUT2D eigenvalue weighted by Gasteiger charge is 2.32. The van der Waals surface area contributed by atoms with Gasteiger partial charge in [0.25, 0.3) is 5.91 Å². The van der Waals surface area contributed by atoms with Crippen LogP contribution >= 0.6 is 0 Å². The predicted molar refractivity (Wildman–Crippen MR) is 109 cm³/mol. The fourth-order valence-corrected chi connectivity index (χ4v) is 4.99. The summed E-state index contributed by atoms with van der Waals surface area (Å²) in [5.41, 5.74) is 2.28. The molecular weight excluding hydrogens is 426 g/mol. The molecule has 0 spiro atoms. The van der Waals surface area contributed by atoms with Gasteiger partial charge in [-0.15, -0.1) is 0 Å². The molecule has 0 unspecified atom stereocenters. The lowest BCUT2D eigenvalue weighted by Crippen LogP contribution is -2.50. The molecule has 162 valence electrons. The standard InChI is InChI=1S/C21H20F2N4O3S/c1-15-8-9-24-27(15)18-5-2-16(3-6-18)21(28)25-10-12-26(13-11-25)31(29,30)20-7-4-17(22)14-19(20)23/h2-9,14H,10-13H2,1H3. The second-order valence-corrected chi connectivity index (χ2v) is 9.11. The van der Waals surface area contributed by atoms with Gasteiger partial charge in [-0.05, 0) is 49.4 Å². The van der Waals surface area contributed by atoms with Crippen molar-refractivity contribution in [2.24, 2.45) is 0 Å². The van der Waals surface area contributed by atoms with Crippen LogP contribution in [0.1, 0.15) is 16.1 Å². The monoisotopic (exact) mass is 446 g/mol. The van der Waals surface area contributed by atoms with E-state index in [9.17, 15) is 22.0 Å². The summed E-state index contributed by atoms with van der Waals surface area (Å²) in [6.07, 6.45) is 1.69. The zero-order valence-corrected chi connectivity index (χ0v) is 17.5. The molecule has 0 aliphatic carbocycles. The van der Waals surface area contributed by atoms with E-state index in [1.165, 1.54) is 0 Å². The molecule has 1 aliphatic rings. The fourth-order valence-electron chi connectivity index (χ4n) is 3.52. The quantitative estimate of drug-likeness (QED) is 0.618. The summed E-state index contributed by atoms with van der Waals surface area (Å²) >= 11 is 0. The highest BCUT2D eigenvalue weighted by Crippen LogP contribution is 2.22. The maximum absolute atomic E-state index is 14.0. The number of sulfonamides is 1. The Balaban J connectivity index is 1.43. The topological polar surface area (TPSA) is 75.5 Å². The molecule has 0 N–H and O–H groups in total. The Hall–Kier alpha value is -3.11. The molecule has 1 aliphatic heterocycles. The molecular formula is C21H20F2N4O3S. The number of halogens is 2. The maximum Gasteiger partial charge on any atom is 0.253 e. The normalized spacial score (nSPS) is 15.3. The Bertz CT molecular complexity index is 1220. The van der Waals surface area contributed by atoms with Gasteiger partial charge in [-0.1, -0.05) is 0 Å². The van der Waals surface area contributed by atoms with Gasteiger partial charge >= 0.3 is 0 Å². The van der Waals surface area contributed by atoms with Gasteiger partial charge in [-0.3, -0.25) is 4.79 Å². The molecule has 1 aromatic heterocycles. The average molecular weight is 446 g/mol. The molecule has 2 aromatic carbocycles. The number of carbonyl (C=O) groups excluding carboxylic acids is 1. The van der Waals surface area contributed by atoms with E-state index in [1.54, 1.807) is 40.0 Å². The minimum atomic E-state index is -4.11. The summed E-state index contributed by atoms with van der Waals surface area (Å²) in [4.78, 5) is 13.8. The number of piperazine rings is 1. The molecule has 10 heteroatoms. The van der Waals surface area contributed by atoms with Crippen LogP contribution in [0.3, 0.4) is 0 Å². The van der Waals surface area contributed by atoms with Crippen LogP contribution in [0.2, 0.25) is 0 Å². The number of hydrogen-bond donors (Lipinski definition) is 0. The first-order valence-corrected chi connectivity index (χ1v) is 11.1. The van der Waals surface area contributed by atoms with E-state index < -0.39 is 26.6 Å². The highest BCUT2D eigenvalue weighted by atomic mass is 32.2. The van der Waals surface area contributed by atoms with Crippen molar-refractivity contribution in [2.45, 2.75) is 11.8 Å². The molecule has 1 fully saturated rings. The van der Waals surface area contributed by atoms with E-state index in [0.29, 0.717) is 11.6 Å². The first-order chi connectivity index (χ1) is 14.8. The first kappa shape index (κ1) is 21.1. The number of aryl methyl sites for hydroxylation is 1. The molecule has 31 heavy (non-hydrogen) atoms. The molecule has 3 aromatic rings. The molecule has 1 amide bonds. The first-order valence-electron chi connectivity index (χ1n) is 9.63. The molecule has 0 saturated carbocycles. The van der Waals surface area contributed by atoms with Crippen LogP contribution in [0.15, 0.2) is 59.6 Å². The minimum absolute atomic E-state index is 0.0233. The van der Waals surface area contributed by atoms with Gasteiger partial charge in [-0.25, -0.2) is 21.9 Å². The van der Waals surface area contributed by atoms with Crippen LogP contribution in [0.4, 0.5) is 8.78 Å². The summed E-state index contributed by atoms with van der Waals surface area (Å²) in [5.74, 6) is -2.19. The Kier molecular flexibility index (Phi) is 5.59. The van der Waals surface area contributed by atoms with Crippen molar-refractivity contribution >= 4 is 15.9 Å². The molecule has 0 radical (unpaired) electrons. The fraction of sp³-hybridized carbons (Fsp3) is 0.238. The van der Waals surface area contributed by atoms with E-state index in [0.717, 1.165) is 27.8 Å². The summed E-state index contributed by atoms with van der Waals surface area (Å²) in [5, 5.41) is 4.23. The zero-order valence-electron chi connectivity index (χ0n) is 16.7. The van der Waals surface area contributed by atoms with Crippen molar-refractivity contribution in [2.75, 3.05) is 26.2 Å². The van der Waals surface area contributed by atoms with E-state index in [1.807, 2.05) is 13.0 Å². The number of amides is 1. The Labute approximate surface area is 178 Å². The van der Waals surface area contributed by atoms with Crippen LogP contribution in [-0.2, 0) is 10.0 Å². The maximum atomic E-state index is 14.0. The lowest BCUT2D eigenvalue weighted by molar-refractivity contribution is 0.0697. The van der Waals surface area contributed by atoms with Gasteiger partial charge < -0.3 is 4.90 Å². The lowest BCUT2D eigenvalue weighted by Gasteiger charge is -2.34. The van der Waals surface area contributed by atoms with E-state index in [2.05, 4.69) is 5.10 Å². The summed E-state index contributed by atoms with van der Waals surface area (Å²) in [6.45, 7) is 2.31. The van der Waals surface area contributed by atoms with Crippen LogP contribution in [0, 0.1) is 18.6 Å². The average Bonchev–Trinajstić information content (AvgIpc) is 3.19. The van der Waals surface area contributed by atoms with Gasteiger partial charge in [0, 0.05) is 49.7 Å². The third kappa shape index (κ3) is 4.08. The Morgan fingerprint density at radius 2 is 1.65 bits per heavy atom. The van der Waals surface area contributed by atoms with Crippen molar-refractivity contribution in [1.29, 1.82) is 0 Å². The van der Waals surface area contributed by atoms with Crippen molar-refractivity contribution in [3.63, 3.8) is 0 Å². The second-order valence-electron chi connectivity index (χ2n) is 7.20. The molecule has 2 heterocycles. The Morgan fingerprint density at radius 1 is 0.968 bits per heavy atom. The van der Waals surface area contributed by atoms with Gasteiger partial charge in [-0.2, -0.15) is 9.40 Å². The molecule has 0 atom stereocenters. The molecule has 0 bridgehead atoms. The third-order valence-electron chi connectivity index (χ3n) is 5.23. The van der Waals surface area contributed by atoms with Gasteiger partial charge in [0.15, 0.2) is 0 Å². The van der Waals surface area contributed by atoms with E-state index in [-0.39, 0.29) is 32.1 Å². The van der Waals surface area contributed by atoms with Crippen molar-refractivity contribution in [3.8, 4) is 5.69 Å². The number of nitrogens with zero attached hydrogens (tertiary/aromatic N) is 4. The van der Waals surface area contributed by atoms with Crippen molar-refractivity contribution in [3.05, 3.63) is 77.6 Å². The van der Waals surface area contributed by atoms with E-state index >= 15 is 0 Å². The minimum Gasteiger partial charge on any atom is -0.336 e. The highest BCUT2D eigenvalue weighted by molar-refractivity contribution is 7.89. The van der Waals surface area contributed by atoms with Crippen LogP contribution in [0.5, 0.6) is 0 Å². The number of aromatic nitrogens is 2. The van der Waals surface area contributed by atoms with Crippen LogP contribution in [-0.4, -0.2) is 59.5 Å². The van der Waals surface area contributed by atoms with Gasteiger partial charge in [0.1, 0.15) is 16.5 Å². The number of carbonyl (C=O) groups is 1. The number of benzene rings is 2. The summed E-state index contributed by atoms with van der Waals surface area (Å²) in [6, 6.07) is 11.2. The van der Waals surface area contributed by atoms with Crippen molar-refractivity contribution < 1.29 is 22.0 Å². The summed E-state index contributed by atoms with van der Waals surface area (Å²) < 4.78 is 55.3. The van der Waals surface area contributed by atoms with Crippen molar-refractivity contribution in [1.82, 2.24) is 19.0 Å². The largest absolute Gasteiger partial charge is 0.336 e. The smallest absolute Gasteiger partial charge is 0.253 e. The zero-order chi connectivity index (χ0) is 22.2. The Morgan fingerprint density at radius 3 is 2.23 bits per heavy atom. The molecule has 4 rings (SSSR count). The second kappa shape index (κ2) is 8.20. The molecule has 7 nitrogen and oxygen atoms in total. The van der Waals surface area contributed by atoms with Gasteiger partial charge in [0.2, 0.25) is 10.0 Å². The van der Waals surface area contributed by atoms with Gasteiger partial charge in [0.05, 0.1) is 5.69 Å². The molecule has 1 saturated heterocycles.